The van der Waals surface area contributed by atoms with E-state index in [9.17, 15) is 18.0 Å². The zero-order valence-electron chi connectivity index (χ0n) is 15.9. The van der Waals surface area contributed by atoms with Crippen LogP contribution in [0.3, 0.4) is 0 Å². The second-order valence-electron chi connectivity index (χ2n) is 5.66. The largest absolute Gasteiger partial charge is 0.508 e. The molecule has 9 heteroatoms. The molecule has 2 aromatic rings. The maximum Gasteiger partial charge on any atom is 0.330 e. The molecule has 0 unspecified atom stereocenters. The fourth-order valence-electron chi connectivity index (χ4n) is 1.39. The summed E-state index contributed by atoms with van der Waals surface area (Å²) in [5.41, 5.74) is 0.352. The van der Waals surface area contributed by atoms with Crippen molar-refractivity contribution < 1.29 is 38.4 Å². The number of benzene rings is 2. The van der Waals surface area contributed by atoms with Gasteiger partial charge in [0.2, 0.25) is 9.84 Å². The molecule has 0 saturated carbocycles. The summed E-state index contributed by atoms with van der Waals surface area (Å²) < 4.78 is 24.2. The highest BCUT2D eigenvalue weighted by Crippen LogP contribution is 2.23. The SMILES string of the molecule is C=C(C)C(=O)O.C=C(C)C(=O)O.O=S(=O)(c1ccc(O)cc1)c1ccc(O)cc1. The molecule has 0 aliphatic carbocycles. The van der Waals surface area contributed by atoms with Crippen molar-refractivity contribution >= 4 is 21.8 Å². The number of sulfone groups is 1. The lowest BCUT2D eigenvalue weighted by atomic mass is 10.3. The molecule has 0 aliphatic heterocycles. The number of phenols is 2. The number of carboxylic acids is 2. The molecule has 0 aliphatic rings. The van der Waals surface area contributed by atoms with Gasteiger partial charge in [-0.2, -0.15) is 0 Å². The van der Waals surface area contributed by atoms with Gasteiger partial charge in [-0.3, -0.25) is 0 Å². The van der Waals surface area contributed by atoms with E-state index in [0.29, 0.717) is 0 Å². The molecule has 156 valence electrons. The Hall–Kier alpha value is -3.59. The van der Waals surface area contributed by atoms with Gasteiger partial charge >= 0.3 is 11.9 Å². The normalized spacial score (nSPS) is 9.72. The van der Waals surface area contributed by atoms with Gasteiger partial charge in [0.15, 0.2) is 0 Å². The monoisotopic (exact) mass is 422 g/mol. The van der Waals surface area contributed by atoms with Gasteiger partial charge in [-0.15, -0.1) is 0 Å². The quantitative estimate of drug-likeness (QED) is 0.549. The van der Waals surface area contributed by atoms with Gasteiger partial charge in [0.25, 0.3) is 0 Å². The molecule has 0 radical (unpaired) electrons. The van der Waals surface area contributed by atoms with E-state index in [0.717, 1.165) is 0 Å². The standard InChI is InChI=1S/C12H10O4S.2C4H6O2/c13-9-1-5-11(6-2-9)17(15,16)12-7-3-10(14)4-8-12;2*1-3(2)4(5)6/h1-8,13-14H;2*1H2,2H3,(H,5,6). The molecule has 0 spiro atoms. The van der Waals surface area contributed by atoms with Crippen molar-refractivity contribution in [3.63, 3.8) is 0 Å². The minimum Gasteiger partial charge on any atom is -0.508 e. The Morgan fingerprint density at radius 1 is 0.690 bits per heavy atom. The Bertz CT molecular complexity index is 873. The molecule has 4 N–H and O–H groups in total. The van der Waals surface area contributed by atoms with Gasteiger partial charge in [-0.05, 0) is 62.4 Å². The Labute approximate surface area is 168 Å². The van der Waals surface area contributed by atoms with Crippen molar-refractivity contribution in [3.05, 3.63) is 72.8 Å². The van der Waals surface area contributed by atoms with Gasteiger partial charge in [0.1, 0.15) is 11.5 Å². The predicted octanol–water partition coefficient (Wildman–Crippen LogP) is 3.22. The lowest BCUT2D eigenvalue weighted by molar-refractivity contribution is -0.133. The molecule has 0 amide bonds. The van der Waals surface area contributed by atoms with Crippen molar-refractivity contribution in [2.75, 3.05) is 0 Å². The van der Waals surface area contributed by atoms with Crippen LogP contribution in [0.4, 0.5) is 0 Å². The Balaban J connectivity index is 0.000000542. The van der Waals surface area contributed by atoms with Gasteiger partial charge in [-0.25, -0.2) is 18.0 Å². The molecule has 2 aromatic carbocycles. The van der Waals surface area contributed by atoms with Crippen LogP contribution in [0.25, 0.3) is 0 Å². The summed E-state index contributed by atoms with van der Waals surface area (Å²) in [6, 6.07) is 10.6. The van der Waals surface area contributed by atoms with E-state index >= 15 is 0 Å². The van der Waals surface area contributed by atoms with Gasteiger partial charge in [-0.1, -0.05) is 13.2 Å². The van der Waals surface area contributed by atoms with Crippen LogP contribution in [-0.4, -0.2) is 40.8 Å². The van der Waals surface area contributed by atoms with Gasteiger partial charge in [0.05, 0.1) is 9.79 Å². The second kappa shape index (κ2) is 11.3. The zero-order chi connectivity index (χ0) is 22.8. The predicted molar refractivity (Wildman–Crippen MR) is 107 cm³/mol. The van der Waals surface area contributed by atoms with Crippen LogP contribution in [-0.2, 0) is 19.4 Å². The lowest BCUT2D eigenvalue weighted by Crippen LogP contribution is -2.01. The molecule has 0 bridgehead atoms. The third kappa shape index (κ3) is 9.25. The average Bonchev–Trinajstić information content (AvgIpc) is 2.63. The van der Waals surface area contributed by atoms with Crippen LogP contribution in [0.1, 0.15) is 13.8 Å². The summed E-state index contributed by atoms with van der Waals surface area (Å²) in [6.45, 7) is 9.20. The Kier molecular flexibility index (Phi) is 9.90. The van der Waals surface area contributed by atoms with Crippen LogP contribution in [0.15, 0.2) is 82.6 Å². The van der Waals surface area contributed by atoms with E-state index in [-0.39, 0.29) is 32.4 Å². The first-order valence-electron chi connectivity index (χ1n) is 7.89. The third-order valence-electron chi connectivity index (χ3n) is 3.02. The summed E-state index contributed by atoms with van der Waals surface area (Å²) in [5.74, 6) is -1.85. The highest BCUT2D eigenvalue weighted by molar-refractivity contribution is 7.91. The highest BCUT2D eigenvalue weighted by Gasteiger charge is 2.17. The maximum atomic E-state index is 12.1. The molecule has 0 aromatic heterocycles. The fourth-order valence-corrected chi connectivity index (χ4v) is 2.65. The van der Waals surface area contributed by atoms with E-state index in [1.807, 2.05) is 0 Å². The molecular formula is C20H22O8S. The summed E-state index contributed by atoms with van der Waals surface area (Å²) in [4.78, 5) is 19.4. The maximum absolute atomic E-state index is 12.1. The minimum absolute atomic E-state index is 0.00894. The van der Waals surface area contributed by atoms with Crippen LogP contribution < -0.4 is 0 Å². The number of aromatic hydroxyl groups is 2. The summed E-state index contributed by atoms with van der Waals surface area (Å²) in [6.07, 6.45) is 0. The first-order chi connectivity index (χ1) is 13.3. The zero-order valence-corrected chi connectivity index (χ0v) is 16.7. The number of aliphatic carboxylic acids is 2. The van der Waals surface area contributed by atoms with Crippen LogP contribution >= 0.6 is 0 Å². The number of carbonyl (C=O) groups is 2. The molecule has 0 heterocycles. The van der Waals surface area contributed by atoms with Crippen LogP contribution in [0, 0.1) is 0 Å². The summed E-state index contributed by atoms with van der Waals surface area (Å²) in [5, 5.41) is 34.0. The topological polar surface area (TPSA) is 149 Å². The summed E-state index contributed by atoms with van der Waals surface area (Å²) >= 11 is 0. The van der Waals surface area contributed by atoms with Gasteiger partial charge < -0.3 is 20.4 Å². The number of hydrogen-bond donors (Lipinski definition) is 4. The van der Waals surface area contributed by atoms with Crippen LogP contribution in [0.5, 0.6) is 11.5 Å². The molecule has 29 heavy (non-hydrogen) atoms. The van der Waals surface area contributed by atoms with Crippen LogP contribution in [0.2, 0.25) is 0 Å². The van der Waals surface area contributed by atoms with Crippen molar-refractivity contribution in [2.45, 2.75) is 23.6 Å². The smallest absolute Gasteiger partial charge is 0.330 e. The first-order valence-corrected chi connectivity index (χ1v) is 9.38. The van der Waals surface area contributed by atoms with Crippen molar-refractivity contribution in [1.82, 2.24) is 0 Å². The van der Waals surface area contributed by atoms with Gasteiger partial charge in [0, 0.05) is 11.1 Å². The minimum atomic E-state index is -3.59. The van der Waals surface area contributed by atoms with Crippen molar-refractivity contribution in [1.29, 1.82) is 0 Å². The molecule has 0 atom stereocenters. The number of carboxylic acid groups (broad SMARTS) is 2. The second-order valence-corrected chi connectivity index (χ2v) is 7.61. The molecule has 8 nitrogen and oxygen atoms in total. The van der Waals surface area contributed by atoms with Crippen molar-refractivity contribution in [3.8, 4) is 11.5 Å². The number of phenolic OH excluding ortho intramolecular Hbond substituents is 2. The van der Waals surface area contributed by atoms with E-state index in [2.05, 4.69) is 13.2 Å². The average molecular weight is 422 g/mol. The van der Waals surface area contributed by atoms with E-state index < -0.39 is 21.8 Å². The summed E-state index contributed by atoms with van der Waals surface area (Å²) in [7, 11) is -3.59. The Morgan fingerprint density at radius 2 is 0.897 bits per heavy atom. The molecular weight excluding hydrogens is 400 g/mol. The molecule has 0 fully saturated rings. The number of hydrogen-bond acceptors (Lipinski definition) is 6. The van der Waals surface area contributed by atoms with E-state index in [1.165, 1.54) is 62.4 Å². The Morgan fingerprint density at radius 3 is 1.07 bits per heavy atom. The lowest BCUT2D eigenvalue weighted by Gasteiger charge is -2.04. The van der Waals surface area contributed by atoms with E-state index in [1.54, 1.807) is 0 Å². The van der Waals surface area contributed by atoms with E-state index in [4.69, 9.17) is 20.4 Å². The van der Waals surface area contributed by atoms with Crippen molar-refractivity contribution in [2.24, 2.45) is 0 Å². The first kappa shape index (κ1) is 25.4. The highest BCUT2D eigenvalue weighted by atomic mass is 32.2. The molecule has 0 saturated heterocycles. The number of rotatable bonds is 4. The molecule has 2 rings (SSSR count). The fraction of sp³-hybridized carbons (Fsp3) is 0.100. The third-order valence-corrected chi connectivity index (χ3v) is 4.81.